The van der Waals surface area contributed by atoms with Crippen LogP contribution in [0.1, 0.15) is 40.0 Å². The second-order valence-electron chi connectivity index (χ2n) is 3.98. The number of carbonyl (C=O) groups is 1. The van der Waals surface area contributed by atoms with Crippen LogP contribution >= 0.6 is 0 Å². The summed E-state index contributed by atoms with van der Waals surface area (Å²) in [7, 11) is 0. The number of nitrogens with zero attached hydrogens (tertiary/aromatic N) is 2. The van der Waals surface area contributed by atoms with Gasteiger partial charge in [0.15, 0.2) is 0 Å². The molecule has 0 fully saturated rings. The van der Waals surface area contributed by atoms with E-state index in [9.17, 15) is 4.79 Å². The highest BCUT2D eigenvalue weighted by atomic mass is 16.3. The zero-order valence-electron chi connectivity index (χ0n) is 9.73. The molecule has 0 rings (SSSR count). The maximum absolute atomic E-state index is 11.7. The van der Waals surface area contributed by atoms with Gasteiger partial charge < -0.3 is 10.0 Å². The Balaban J connectivity index is 4.12. The first-order valence-corrected chi connectivity index (χ1v) is 5.33. The largest absolute Gasteiger partial charge is 0.393 e. The fourth-order valence-electron chi connectivity index (χ4n) is 1.32. The van der Waals surface area contributed by atoms with E-state index in [0.717, 1.165) is 0 Å². The van der Waals surface area contributed by atoms with Gasteiger partial charge in [-0.1, -0.05) is 0 Å². The molecule has 0 aliphatic rings. The van der Waals surface area contributed by atoms with Gasteiger partial charge in [0.2, 0.25) is 5.91 Å². The molecule has 1 N–H and O–H groups in total. The summed E-state index contributed by atoms with van der Waals surface area (Å²) >= 11 is 0. The van der Waals surface area contributed by atoms with E-state index in [1.807, 2.05) is 19.9 Å². The molecule has 0 saturated carbocycles. The molecule has 1 atom stereocenters. The second kappa shape index (κ2) is 7.24. The summed E-state index contributed by atoms with van der Waals surface area (Å²) in [5.74, 6) is 0.0150. The van der Waals surface area contributed by atoms with E-state index in [1.54, 1.807) is 11.8 Å². The van der Waals surface area contributed by atoms with Gasteiger partial charge in [0, 0.05) is 19.0 Å². The van der Waals surface area contributed by atoms with E-state index in [-0.39, 0.29) is 11.9 Å². The van der Waals surface area contributed by atoms with Crippen molar-refractivity contribution in [2.45, 2.75) is 52.2 Å². The average molecular weight is 212 g/mol. The van der Waals surface area contributed by atoms with Crippen molar-refractivity contribution >= 4 is 5.91 Å². The maximum Gasteiger partial charge on any atom is 0.222 e. The smallest absolute Gasteiger partial charge is 0.222 e. The molecule has 0 aromatic rings. The van der Waals surface area contributed by atoms with Crippen molar-refractivity contribution in [3.05, 3.63) is 0 Å². The first-order valence-electron chi connectivity index (χ1n) is 5.33. The quantitative estimate of drug-likeness (QED) is 0.721. The lowest BCUT2D eigenvalue weighted by Crippen LogP contribution is -2.37. The lowest BCUT2D eigenvalue weighted by molar-refractivity contribution is -0.133. The fraction of sp³-hybridized carbons (Fsp3) is 0.818. The number of aliphatic hydroxyl groups is 1. The Morgan fingerprint density at radius 3 is 2.47 bits per heavy atom. The first kappa shape index (κ1) is 13.9. The van der Waals surface area contributed by atoms with Crippen LogP contribution in [0.15, 0.2) is 0 Å². The van der Waals surface area contributed by atoms with Crippen molar-refractivity contribution in [1.82, 2.24) is 4.90 Å². The zero-order valence-corrected chi connectivity index (χ0v) is 9.73. The molecule has 4 nitrogen and oxygen atoms in total. The molecule has 0 aliphatic carbocycles. The van der Waals surface area contributed by atoms with Crippen LogP contribution in [0.2, 0.25) is 0 Å². The molecule has 1 unspecified atom stereocenters. The number of hydrogen-bond acceptors (Lipinski definition) is 3. The summed E-state index contributed by atoms with van der Waals surface area (Å²) in [5.41, 5.74) is 0. The first-order chi connectivity index (χ1) is 6.99. The highest BCUT2D eigenvalue weighted by Crippen LogP contribution is 2.06. The van der Waals surface area contributed by atoms with Crippen molar-refractivity contribution in [3.8, 4) is 6.07 Å². The predicted molar refractivity (Wildman–Crippen MR) is 58.0 cm³/mol. The molecular formula is C11H20N2O2. The highest BCUT2D eigenvalue weighted by Gasteiger charge is 2.16. The molecule has 0 bridgehead atoms. The fourth-order valence-corrected chi connectivity index (χ4v) is 1.32. The number of aliphatic hydroxyl groups excluding tert-OH is 1. The number of nitriles is 1. The summed E-state index contributed by atoms with van der Waals surface area (Å²) in [6, 6.07) is 2.14. The van der Waals surface area contributed by atoms with Crippen molar-refractivity contribution < 1.29 is 9.90 Å². The third kappa shape index (κ3) is 6.08. The van der Waals surface area contributed by atoms with Crippen LogP contribution in [-0.4, -0.2) is 34.6 Å². The normalized spacial score (nSPS) is 12.3. The number of rotatable bonds is 6. The third-order valence-electron chi connectivity index (χ3n) is 2.18. The molecule has 1 amide bonds. The van der Waals surface area contributed by atoms with Gasteiger partial charge in [-0.25, -0.2) is 0 Å². The van der Waals surface area contributed by atoms with E-state index in [1.165, 1.54) is 0 Å². The van der Waals surface area contributed by atoms with Crippen molar-refractivity contribution in [1.29, 1.82) is 5.26 Å². The number of hydrogen-bond donors (Lipinski definition) is 1. The standard InChI is InChI=1S/C11H20N2O2/c1-9(2)13(8-4-7-12)11(15)6-5-10(3)14/h9-10,14H,4-6,8H2,1-3H3. The van der Waals surface area contributed by atoms with Gasteiger partial charge in [-0.15, -0.1) is 0 Å². The van der Waals surface area contributed by atoms with Crippen LogP contribution in [-0.2, 0) is 4.79 Å². The van der Waals surface area contributed by atoms with Crippen LogP contribution < -0.4 is 0 Å². The minimum absolute atomic E-state index is 0.0150. The summed E-state index contributed by atoms with van der Waals surface area (Å²) in [6.45, 7) is 6.00. The molecule has 0 spiro atoms. The van der Waals surface area contributed by atoms with Crippen LogP contribution in [0.25, 0.3) is 0 Å². The molecule has 0 radical (unpaired) electrons. The molecule has 4 heteroatoms. The van der Waals surface area contributed by atoms with E-state index in [0.29, 0.717) is 25.8 Å². The molecule has 15 heavy (non-hydrogen) atoms. The third-order valence-corrected chi connectivity index (χ3v) is 2.18. The van der Waals surface area contributed by atoms with Gasteiger partial charge in [0.25, 0.3) is 0 Å². The molecule has 0 heterocycles. The lowest BCUT2D eigenvalue weighted by atomic mass is 10.2. The highest BCUT2D eigenvalue weighted by molar-refractivity contribution is 5.76. The van der Waals surface area contributed by atoms with E-state index in [4.69, 9.17) is 10.4 Å². The Labute approximate surface area is 91.5 Å². The summed E-state index contributed by atoms with van der Waals surface area (Å²) in [6.07, 6.45) is 0.744. The summed E-state index contributed by atoms with van der Waals surface area (Å²) in [5, 5.41) is 17.5. The Bertz CT molecular complexity index is 231. The summed E-state index contributed by atoms with van der Waals surface area (Å²) < 4.78 is 0. The monoisotopic (exact) mass is 212 g/mol. The van der Waals surface area contributed by atoms with Crippen LogP contribution in [0.5, 0.6) is 0 Å². The van der Waals surface area contributed by atoms with Gasteiger partial charge in [0.05, 0.1) is 18.6 Å². The minimum atomic E-state index is -0.445. The van der Waals surface area contributed by atoms with Gasteiger partial charge in [-0.3, -0.25) is 4.79 Å². The minimum Gasteiger partial charge on any atom is -0.393 e. The van der Waals surface area contributed by atoms with Gasteiger partial charge >= 0.3 is 0 Å². The Kier molecular flexibility index (Phi) is 6.72. The van der Waals surface area contributed by atoms with Crippen LogP contribution in [0.3, 0.4) is 0 Å². The molecule has 0 aliphatic heterocycles. The van der Waals surface area contributed by atoms with Crippen LogP contribution in [0, 0.1) is 11.3 Å². The molecule has 0 saturated heterocycles. The predicted octanol–water partition coefficient (Wildman–Crippen LogP) is 1.30. The lowest BCUT2D eigenvalue weighted by Gasteiger charge is -2.26. The molecule has 0 aromatic heterocycles. The van der Waals surface area contributed by atoms with Crippen molar-refractivity contribution in [2.24, 2.45) is 0 Å². The second-order valence-corrected chi connectivity index (χ2v) is 3.98. The topological polar surface area (TPSA) is 64.3 Å². The Morgan fingerprint density at radius 2 is 2.07 bits per heavy atom. The van der Waals surface area contributed by atoms with Crippen LogP contribution in [0.4, 0.5) is 0 Å². The summed E-state index contributed by atoms with van der Waals surface area (Å²) in [4.78, 5) is 13.4. The van der Waals surface area contributed by atoms with Gasteiger partial charge in [0.1, 0.15) is 0 Å². The Morgan fingerprint density at radius 1 is 1.47 bits per heavy atom. The van der Waals surface area contributed by atoms with Crippen molar-refractivity contribution in [2.75, 3.05) is 6.54 Å². The van der Waals surface area contributed by atoms with E-state index >= 15 is 0 Å². The maximum atomic E-state index is 11.7. The van der Waals surface area contributed by atoms with Crippen molar-refractivity contribution in [3.63, 3.8) is 0 Å². The number of carbonyl (C=O) groups excluding carboxylic acids is 1. The van der Waals surface area contributed by atoms with Gasteiger partial charge in [-0.05, 0) is 27.2 Å². The SMILES string of the molecule is CC(O)CCC(=O)N(CCC#N)C(C)C. The molecule has 0 aromatic carbocycles. The van der Waals surface area contributed by atoms with E-state index in [2.05, 4.69) is 0 Å². The van der Waals surface area contributed by atoms with Gasteiger partial charge in [-0.2, -0.15) is 5.26 Å². The average Bonchev–Trinajstić information content (AvgIpc) is 2.14. The molecular weight excluding hydrogens is 192 g/mol. The molecule has 86 valence electrons. The number of amides is 1. The van der Waals surface area contributed by atoms with E-state index < -0.39 is 6.10 Å². The Hall–Kier alpha value is -1.08. The zero-order chi connectivity index (χ0) is 11.8.